The summed E-state index contributed by atoms with van der Waals surface area (Å²) in [6.07, 6.45) is 7.47. The van der Waals surface area contributed by atoms with Crippen molar-refractivity contribution in [3.05, 3.63) is 36.1 Å². The number of nitrogens with zero attached hydrogens (tertiary/aromatic N) is 1. The van der Waals surface area contributed by atoms with E-state index in [0.29, 0.717) is 6.04 Å². The minimum atomic E-state index is 0.493. The molecule has 0 heterocycles. The molecule has 0 saturated heterocycles. The summed E-state index contributed by atoms with van der Waals surface area (Å²) >= 11 is 0. The van der Waals surface area contributed by atoms with E-state index in [4.69, 9.17) is 0 Å². The smallest absolute Gasteiger partial charge is 0.0363 e. The third-order valence-corrected chi connectivity index (χ3v) is 2.38. The summed E-state index contributed by atoms with van der Waals surface area (Å²) in [5.74, 6) is 0. The first-order chi connectivity index (χ1) is 6.54. The normalized spacial score (nSPS) is 12.6. The molecule has 0 N–H and O–H groups in total. The summed E-state index contributed by atoms with van der Waals surface area (Å²) in [5, 5.41) is 0. The fourth-order valence-corrected chi connectivity index (χ4v) is 1.12. The average molecular weight is 193 g/mol. The highest BCUT2D eigenvalue weighted by molar-refractivity contribution is 5.36. The van der Waals surface area contributed by atoms with Gasteiger partial charge in [-0.25, -0.2) is 0 Å². The summed E-state index contributed by atoms with van der Waals surface area (Å²) in [6.45, 7) is 12.6. The van der Waals surface area contributed by atoms with E-state index in [-0.39, 0.29) is 0 Å². The predicted octanol–water partition coefficient (Wildman–Crippen LogP) is 3.75. The molecule has 0 fully saturated rings. The standard InChI is InChI=1S/C13H23N/c1-7-9-10-13(8-2)12(5)14(6)11(3)4/h8-11H,5,7H2,1-4,6H3/b10-9-,13-8+. The molecule has 0 bridgehead atoms. The summed E-state index contributed by atoms with van der Waals surface area (Å²) in [6, 6.07) is 0.493. The largest absolute Gasteiger partial charge is 0.372 e. The molecule has 0 saturated carbocycles. The van der Waals surface area contributed by atoms with Crippen molar-refractivity contribution >= 4 is 0 Å². The number of likely N-dealkylation sites (N-methyl/N-ethyl adjacent to an activating group) is 1. The van der Waals surface area contributed by atoms with Crippen molar-refractivity contribution in [2.45, 2.75) is 40.2 Å². The van der Waals surface area contributed by atoms with Gasteiger partial charge in [-0.05, 0) is 32.8 Å². The van der Waals surface area contributed by atoms with Crippen LogP contribution in [0, 0.1) is 0 Å². The zero-order valence-electron chi connectivity index (χ0n) is 10.2. The van der Waals surface area contributed by atoms with Crippen LogP contribution in [0.1, 0.15) is 34.1 Å². The maximum atomic E-state index is 4.11. The second kappa shape index (κ2) is 6.47. The van der Waals surface area contributed by atoms with Gasteiger partial charge in [0.15, 0.2) is 0 Å². The molecule has 0 amide bonds. The van der Waals surface area contributed by atoms with Crippen LogP contribution in [0.15, 0.2) is 36.1 Å². The highest BCUT2D eigenvalue weighted by Gasteiger charge is 2.07. The van der Waals surface area contributed by atoms with E-state index in [1.807, 2.05) is 0 Å². The van der Waals surface area contributed by atoms with Crippen LogP contribution < -0.4 is 0 Å². The molecule has 0 spiro atoms. The average Bonchev–Trinajstić information content (AvgIpc) is 2.17. The van der Waals surface area contributed by atoms with Gasteiger partial charge in [-0.1, -0.05) is 31.7 Å². The fourth-order valence-electron chi connectivity index (χ4n) is 1.12. The lowest BCUT2D eigenvalue weighted by molar-refractivity contribution is 0.353. The maximum absolute atomic E-state index is 4.11. The molecule has 0 rings (SSSR count). The van der Waals surface area contributed by atoms with Crippen LogP contribution >= 0.6 is 0 Å². The number of allylic oxidation sites excluding steroid dienone is 3. The van der Waals surface area contributed by atoms with Gasteiger partial charge in [0.25, 0.3) is 0 Å². The Kier molecular flexibility index (Phi) is 6.02. The molecule has 80 valence electrons. The Labute approximate surface area is 88.8 Å². The first-order valence-corrected chi connectivity index (χ1v) is 5.29. The maximum Gasteiger partial charge on any atom is 0.0363 e. The van der Waals surface area contributed by atoms with Crippen LogP contribution in [0.2, 0.25) is 0 Å². The SMILES string of the molecule is C=C(C(/C=C\CC)=C/C)N(C)C(C)C. The van der Waals surface area contributed by atoms with Gasteiger partial charge >= 0.3 is 0 Å². The van der Waals surface area contributed by atoms with Gasteiger partial charge < -0.3 is 4.90 Å². The molecule has 0 aliphatic heterocycles. The number of rotatable bonds is 5. The van der Waals surface area contributed by atoms with Gasteiger partial charge in [0, 0.05) is 18.8 Å². The Morgan fingerprint density at radius 1 is 1.43 bits per heavy atom. The molecule has 1 heteroatoms. The fraction of sp³-hybridized carbons (Fsp3) is 0.538. The first-order valence-electron chi connectivity index (χ1n) is 5.29. The highest BCUT2D eigenvalue weighted by atomic mass is 15.1. The molecule has 0 radical (unpaired) electrons. The molecule has 0 aromatic heterocycles. The van der Waals surface area contributed by atoms with Crippen molar-refractivity contribution in [3.8, 4) is 0 Å². The minimum absolute atomic E-state index is 0.493. The summed E-state index contributed by atoms with van der Waals surface area (Å²) in [7, 11) is 2.08. The lowest BCUT2D eigenvalue weighted by Crippen LogP contribution is -2.25. The second-order valence-electron chi connectivity index (χ2n) is 3.71. The van der Waals surface area contributed by atoms with Crippen molar-refractivity contribution in [2.75, 3.05) is 7.05 Å². The molecular weight excluding hydrogens is 170 g/mol. The van der Waals surface area contributed by atoms with Crippen molar-refractivity contribution in [2.24, 2.45) is 0 Å². The molecule has 0 aliphatic rings. The van der Waals surface area contributed by atoms with Gasteiger partial charge in [-0.3, -0.25) is 0 Å². The number of hydrogen-bond donors (Lipinski definition) is 0. The Balaban J connectivity index is 4.56. The lowest BCUT2D eigenvalue weighted by atomic mass is 10.1. The van der Waals surface area contributed by atoms with E-state index in [0.717, 1.165) is 12.1 Å². The minimum Gasteiger partial charge on any atom is -0.372 e. The molecule has 0 atom stereocenters. The first kappa shape index (κ1) is 13.0. The molecule has 0 aromatic rings. The Hall–Kier alpha value is -0.980. The van der Waals surface area contributed by atoms with Crippen molar-refractivity contribution in [1.29, 1.82) is 0 Å². The van der Waals surface area contributed by atoms with Crippen molar-refractivity contribution < 1.29 is 0 Å². The van der Waals surface area contributed by atoms with E-state index in [1.54, 1.807) is 0 Å². The van der Waals surface area contributed by atoms with Crippen LogP contribution in [-0.4, -0.2) is 18.0 Å². The van der Waals surface area contributed by atoms with E-state index in [2.05, 4.69) is 64.4 Å². The van der Waals surface area contributed by atoms with E-state index >= 15 is 0 Å². The third kappa shape index (κ3) is 3.82. The van der Waals surface area contributed by atoms with Crippen LogP contribution in [0.5, 0.6) is 0 Å². The van der Waals surface area contributed by atoms with Crippen LogP contribution in [-0.2, 0) is 0 Å². The molecule has 0 aliphatic carbocycles. The topological polar surface area (TPSA) is 3.24 Å². The van der Waals surface area contributed by atoms with Crippen molar-refractivity contribution in [3.63, 3.8) is 0 Å². The molecule has 1 nitrogen and oxygen atoms in total. The quantitative estimate of drug-likeness (QED) is 0.601. The van der Waals surface area contributed by atoms with Gasteiger partial charge in [-0.15, -0.1) is 0 Å². The zero-order chi connectivity index (χ0) is 11.1. The second-order valence-corrected chi connectivity index (χ2v) is 3.71. The third-order valence-electron chi connectivity index (χ3n) is 2.38. The monoisotopic (exact) mass is 193 g/mol. The van der Waals surface area contributed by atoms with Gasteiger partial charge in [0.05, 0.1) is 0 Å². The van der Waals surface area contributed by atoms with Gasteiger partial charge in [0.1, 0.15) is 0 Å². The Morgan fingerprint density at radius 3 is 2.36 bits per heavy atom. The van der Waals surface area contributed by atoms with Crippen LogP contribution in [0.25, 0.3) is 0 Å². The van der Waals surface area contributed by atoms with Crippen LogP contribution in [0.4, 0.5) is 0 Å². The van der Waals surface area contributed by atoms with E-state index in [1.165, 1.54) is 5.57 Å². The van der Waals surface area contributed by atoms with Crippen molar-refractivity contribution in [1.82, 2.24) is 4.90 Å². The zero-order valence-corrected chi connectivity index (χ0v) is 10.2. The van der Waals surface area contributed by atoms with Gasteiger partial charge in [0.2, 0.25) is 0 Å². The van der Waals surface area contributed by atoms with E-state index < -0.39 is 0 Å². The summed E-state index contributed by atoms with van der Waals surface area (Å²) < 4.78 is 0. The molecule has 0 aromatic carbocycles. The number of hydrogen-bond acceptors (Lipinski definition) is 1. The molecule has 0 unspecified atom stereocenters. The summed E-state index contributed by atoms with van der Waals surface area (Å²) in [4.78, 5) is 2.19. The molecule has 14 heavy (non-hydrogen) atoms. The lowest BCUT2D eigenvalue weighted by Gasteiger charge is -2.26. The highest BCUT2D eigenvalue weighted by Crippen LogP contribution is 2.15. The predicted molar refractivity (Wildman–Crippen MR) is 65.2 cm³/mol. The summed E-state index contributed by atoms with van der Waals surface area (Å²) in [5.41, 5.74) is 2.30. The van der Waals surface area contributed by atoms with Gasteiger partial charge in [-0.2, -0.15) is 0 Å². The molecular formula is C13H23N. The Morgan fingerprint density at radius 2 is 2.00 bits per heavy atom. The van der Waals surface area contributed by atoms with E-state index in [9.17, 15) is 0 Å². The van der Waals surface area contributed by atoms with Crippen LogP contribution in [0.3, 0.4) is 0 Å². The Bertz CT molecular complexity index is 234.